The smallest absolute Gasteiger partial charge is 0.243 e. The van der Waals surface area contributed by atoms with Gasteiger partial charge < -0.3 is 9.84 Å². The molecule has 1 aromatic rings. The van der Waals surface area contributed by atoms with Gasteiger partial charge in [0.25, 0.3) is 0 Å². The second-order valence-corrected chi connectivity index (χ2v) is 6.60. The zero-order valence-corrected chi connectivity index (χ0v) is 12.2. The molecule has 1 fully saturated rings. The molecule has 2 N–H and O–H groups in total. The number of ether oxygens (including phenoxy) is 1. The first-order valence-corrected chi connectivity index (χ1v) is 8.35. The number of aliphatic hydroxyl groups excluding tert-OH is 1. The lowest BCUT2D eigenvalue weighted by Gasteiger charge is -2.09. The van der Waals surface area contributed by atoms with E-state index in [1.807, 2.05) is 0 Å². The monoisotopic (exact) mass is 303 g/mol. The maximum Gasteiger partial charge on any atom is 0.243 e. The highest BCUT2D eigenvalue weighted by molar-refractivity contribution is 7.89. The number of aromatic nitrogens is 2. The van der Waals surface area contributed by atoms with E-state index in [9.17, 15) is 8.42 Å². The van der Waals surface area contributed by atoms with Gasteiger partial charge in [0.05, 0.1) is 12.3 Å². The van der Waals surface area contributed by atoms with Crippen LogP contribution in [-0.2, 0) is 21.3 Å². The summed E-state index contributed by atoms with van der Waals surface area (Å²) in [4.78, 5) is 0.155. The molecule has 2 rings (SSSR count). The fourth-order valence-corrected chi connectivity index (χ4v) is 3.15. The summed E-state index contributed by atoms with van der Waals surface area (Å²) in [6.07, 6.45) is 6.27. The van der Waals surface area contributed by atoms with Crippen LogP contribution in [0.4, 0.5) is 0 Å². The Hall–Kier alpha value is -0.960. The molecular formula is C12H21N3O4S. The van der Waals surface area contributed by atoms with E-state index in [2.05, 4.69) is 9.82 Å². The Bertz CT molecular complexity index is 509. The van der Waals surface area contributed by atoms with Crippen molar-refractivity contribution < 1.29 is 18.3 Å². The Labute approximate surface area is 119 Å². The molecule has 114 valence electrons. The number of aryl methyl sites for hydroxylation is 1. The van der Waals surface area contributed by atoms with E-state index >= 15 is 0 Å². The van der Waals surface area contributed by atoms with Crippen molar-refractivity contribution in [3.63, 3.8) is 0 Å². The van der Waals surface area contributed by atoms with Crippen molar-refractivity contribution in [2.75, 3.05) is 19.8 Å². The molecule has 8 heteroatoms. The maximum absolute atomic E-state index is 12.0. The molecule has 20 heavy (non-hydrogen) atoms. The number of nitrogens with one attached hydrogen (secondary N) is 1. The first-order valence-electron chi connectivity index (χ1n) is 6.86. The second-order valence-electron chi connectivity index (χ2n) is 4.84. The van der Waals surface area contributed by atoms with Crippen molar-refractivity contribution in [3.05, 3.63) is 12.4 Å². The van der Waals surface area contributed by atoms with Gasteiger partial charge in [0.1, 0.15) is 4.90 Å². The van der Waals surface area contributed by atoms with E-state index in [0.29, 0.717) is 25.9 Å². The highest BCUT2D eigenvalue weighted by Gasteiger charge is 2.19. The van der Waals surface area contributed by atoms with Crippen molar-refractivity contribution in [2.45, 2.75) is 43.2 Å². The zero-order chi connectivity index (χ0) is 14.4. The summed E-state index contributed by atoms with van der Waals surface area (Å²) < 4.78 is 33.6. The van der Waals surface area contributed by atoms with Crippen LogP contribution in [0, 0.1) is 0 Å². The minimum Gasteiger partial charge on any atom is -0.396 e. The molecular weight excluding hydrogens is 282 g/mol. The molecule has 0 aromatic carbocycles. The van der Waals surface area contributed by atoms with Gasteiger partial charge in [-0.2, -0.15) is 5.10 Å². The van der Waals surface area contributed by atoms with Crippen LogP contribution in [0.3, 0.4) is 0 Å². The van der Waals surface area contributed by atoms with Crippen molar-refractivity contribution in [1.82, 2.24) is 14.5 Å². The summed E-state index contributed by atoms with van der Waals surface area (Å²) in [6, 6.07) is 0. The van der Waals surface area contributed by atoms with Crippen LogP contribution in [-0.4, -0.2) is 49.2 Å². The van der Waals surface area contributed by atoms with Crippen molar-refractivity contribution in [3.8, 4) is 0 Å². The Morgan fingerprint density at radius 1 is 1.55 bits per heavy atom. The van der Waals surface area contributed by atoms with Crippen LogP contribution in [0.25, 0.3) is 0 Å². The fraction of sp³-hybridized carbons (Fsp3) is 0.750. The topological polar surface area (TPSA) is 93.5 Å². The minimum atomic E-state index is -3.51. The number of hydrogen-bond donors (Lipinski definition) is 2. The predicted octanol–water partition coefficient (Wildman–Crippen LogP) is 0.113. The molecule has 1 aliphatic rings. The van der Waals surface area contributed by atoms with Crippen LogP contribution in [0.15, 0.2) is 17.3 Å². The normalized spacial score (nSPS) is 19.6. The SMILES string of the molecule is O=S(=O)(NCCC1CCCO1)c1cnn(CCCO)c1. The third kappa shape index (κ3) is 4.27. The Kier molecular flexibility index (Phi) is 5.53. The summed E-state index contributed by atoms with van der Waals surface area (Å²) in [6.45, 7) is 1.70. The molecule has 0 bridgehead atoms. The Morgan fingerprint density at radius 2 is 2.40 bits per heavy atom. The van der Waals surface area contributed by atoms with E-state index in [1.165, 1.54) is 17.1 Å². The average molecular weight is 303 g/mol. The highest BCUT2D eigenvalue weighted by atomic mass is 32.2. The van der Waals surface area contributed by atoms with Gasteiger partial charge in [-0.3, -0.25) is 4.68 Å². The molecule has 0 radical (unpaired) electrons. The standard InChI is InChI=1S/C12H21N3O4S/c16-7-2-6-15-10-12(9-13-15)20(17,18)14-5-4-11-3-1-8-19-11/h9-11,14,16H,1-8H2. The molecule has 1 saturated heterocycles. The van der Waals surface area contributed by atoms with E-state index < -0.39 is 10.0 Å². The van der Waals surface area contributed by atoms with Gasteiger partial charge in [-0.1, -0.05) is 0 Å². The van der Waals surface area contributed by atoms with Gasteiger partial charge in [-0.25, -0.2) is 13.1 Å². The molecule has 1 aliphatic heterocycles. The van der Waals surface area contributed by atoms with E-state index in [4.69, 9.17) is 9.84 Å². The molecule has 7 nitrogen and oxygen atoms in total. The van der Waals surface area contributed by atoms with Gasteiger partial charge >= 0.3 is 0 Å². The lowest BCUT2D eigenvalue weighted by atomic mass is 10.2. The van der Waals surface area contributed by atoms with E-state index in [0.717, 1.165) is 19.4 Å². The number of hydrogen-bond acceptors (Lipinski definition) is 5. The third-order valence-electron chi connectivity index (χ3n) is 3.25. The number of aliphatic hydroxyl groups is 1. The largest absolute Gasteiger partial charge is 0.396 e. The number of nitrogens with zero attached hydrogens (tertiary/aromatic N) is 2. The van der Waals surface area contributed by atoms with Gasteiger partial charge in [-0.15, -0.1) is 0 Å². The van der Waals surface area contributed by atoms with Crippen LogP contribution in [0.5, 0.6) is 0 Å². The molecule has 1 unspecified atom stereocenters. The van der Waals surface area contributed by atoms with Crippen LogP contribution >= 0.6 is 0 Å². The molecule has 1 aromatic heterocycles. The third-order valence-corrected chi connectivity index (χ3v) is 4.66. The van der Waals surface area contributed by atoms with Crippen molar-refractivity contribution in [2.24, 2.45) is 0 Å². The zero-order valence-electron chi connectivity index (χ0n) is 11.4. The first-order chi connectivity index (χ1) is 9.62. The molecule has 1 atom stereocenters. The maximum atomic E-state index is 12.0. The van der Waals surface area contributed by atoms with Crippen molar-refractivity contribution in [1.29, 1.82) is 0 Å². The van der Waals surface area contributed by atoms with Gasteiger partial charge in [0.2, 0.25) is 10.0 Å². The van der Waals surface area contributed by atoms with E-state index in [-0.39, 0.29) is 17.6 Å². The number of sulfonamides is 1. The highest BCUT2D eigenvalue weighted by Crippen LogP contribution is 2.15. The summed E-state index contributed by atoms with van der Waals surface area (Å²) in [5.41, 5.74) is 0. The van der Waals surface area contributed by atoms with Crippen LogP contribution in [0.2, 0.25) is 0 Å². The summed E-state index contributed by atoms with van der Waals surface area (Å²) in [5, 5.41) is 12.7. The quantitative estimate of drug-likeness (QED) is 0.711. The predicted molar refractivity (Wildman–Crippen MR) is 72.7 cm³/mol. The average Bonchev–Trinajstić information content (AvgIpc) is 3.07. The molecule has 0 aliphatic carbocycles. The van der Waals surface area contributed by atoms with Crippen LogP contribution in [0.1, 0.15) is 25.7 Å². The lowest BCUT2D eigenvalue weighted by molar-refractivity contribution is 0.105. The fourth-order valence-electron chi connectivity index (χ4n) is 2.15. The Balaban J connectivity index is 1.83. The first kappa shape index (κ1) is 15.4. The minimum absolute atomic E-state index is 0.0571. The molecule has 2 heterocycles. The summed E-state index contributed by atoms with van der Waals surface area (Å²) in [5.74, 6) is 0. The summed E-state index contributed by atoms with van der Waals surface area (Å²) in [7, 11) is -3.51. The van der Waals surface area contributed by atoms with E-state index in [1.54, 1.807) is 0 Å². The lowest BCUT2D eigenvalue weighted by Crippen LogP contribution is -2.27. The van der Waals surface area contributed by atoms with Gasteiger partial charge in [0.15, 0.2) is 0 Å². The number of rotatable bonds is 8. The van der Waals surface area contributed by atoms with Crippen molar-refractivity contribution >= 4 is 10.0 Å². The summed E-state index contributed by atoms with van der Waals surface area (Å²) >= 11 is 0. The van der Waals surface area contributed by atoms with Gasteiger partial charge in [-0.05, 0) is 25.7 Å². The van der Waals surface area contributed by atoms with Crippen LogP contribution < -0.4 is 4.72 Å². The van der Waals surface area contributed by atoms with Gasteiger partial charge in [0, 0.05) is 32.5 Å². The molecule has 0 amide bonds. The molecule has 0 spiro atoms. The second kappa shape index (κ2) is 7.16. The molecule has 0 saturated carbocycles. The Morgan fingerprint density at radius 3 is 3.10 bits per heavy atom.